The number of aromatic nitrogens is 1. The van der Waals surface area contributed by atoms with Gasteiger partial charge >= 0.3 is 0 Å². The van der Waals surface area contributed by atoms with E-state index in [1.165, 1.54) is 12.4 Å². The molecule has 1 heterocycles. The molecule has 0 aliphatic heterocycles. The second-order valence-electron chi connectivity index (χ2n) is 6.11. The summed E-state index contributed by atoms with van der Waals surface area (Å²) in [6.45, 7) is 11.2. The minimum atomic E-state index is -0.285. The van der Waals surface area contributed by atoms with Crippen molar-refractivity contribution in [1.29, 1.82) is 0 Å². The summed E-state index contributed by atoms with van der Waals surface area (Å²) in [4.78, 5) is 33.0. The molecule has 6 nitrogen and oxygen atoms in total. The van der Waals surface area contributed by atoms with Crippen molar-refractivity contribution < 1.29 is 9.59 Å². The summed E-state index contributed by atoms with van der Waals surface area (Å²) in [7, 11) is 0. The lowest BCUT2D eigenvalue weighted by molar-refractivity contribution is 0.0772. The molecule has 2 amide bonds. The first kappa shape index (κ1) is 20.4. The first-order valence-electron chi connectivity index (χ1n) is 9.44. The lowest BCUT2D eigenvalue weighted by Crippen LogP contribution is -2.30. The fourth-order valence-electron chi connectivity index (χ4n) is 2.92. The zero-order chi connectivity index (χ0) is 19.8. The van der Waals surface area contributed by atoms with Crippen LogP contribution in [0.4, 0.5) is 11.4 Å². The Labute approximate surface area is 161 Å². The van der Waals surface area contributed by atoms with Crippen molar-refractivity contribution in [2.75, 3.05) is 36.4 Å². The second-order valence-corrected chi connectivity index (χ2v) is 6.11. The van der Waals surface area contributed by atoms with Gasteiger partial charge in [0.1, 0.15) is 0 Å². The van der Waals surface area contributed by atoms with Crippen LogP contribution < -0.4 is 10.2 Å². The number of benzene rings is 1. The Kier molecular flexibility index (Phi) is 7.34. The van der Waals surface area contributed by atoms with Gasteiger partial charge in [0, 0.05) is 49.9 Å². The molecular weight excluding hydrogens is 340 g/mol. The number of nitrogens with one attached hydrogen (secondary N) is 1. The van der Waals surface area contributed by atoms with Gasteiger partial charge in [-0.3, -0.25) is 14.6 Å². The van der Waals surface area contributed by atoms with Crippen LogP contribution in [0.2, 0.25) is 0 Å². The van der Waals surface area contributed by atoms with Gasteiger partial charge in [-0.15, -0.1) is 0 Å². The summed E-state index contributed by atoms with van der Waals surface area (Å²) in [5.41, 5.74) is 2.60. The maximum atomic E-state index is 12.5. The van der Waals surface area contributed by atoms with Crippen LogP contribution in [0, 0.1) is 0 Å². The lowest BCUT2D eigenvalue weighted by Gasteiger charge is -2.21. The molecule has 1 N–H and O–H groups in total. The molecule has 2 aromatic rings. The number of anilines is 2. The Bertz CT molecular complexity index is 766. The zero-order valence-electron chi connectivity index (χ0n) is 16.5. The fraction of sp³-hybridized carbons (Fsp3) is 0.381. The molecule has 0 bridgehead atoms. The van der Waals surface area contributed by atoms with Gasteiger partial charge in [0.05, 0.1) is 11.1 Å². The fourth-order valence-corrected chi connectivity index (χ4v) is 2.92. The summed E-state index contributed by atoms with van der Waals surface area (Å²) in [6.07, 6.45) is 2.97. The van der Waals surface area contributed by atoms with Crippen LogP contribution in [-0.2, 0) is 0 Å². The second kappa shape index (κ2) is 9.71. The van der Waals surface area contributed by atoms with Crippen LogP contribution >= 0.6 is 0 Å². The van der Waals surface area contributed by atoms with Gasteiger partial charge in [0.25, 0.3) is 11.8 Å². The number of hydrogen-bond donors (Lipinski definition) is 1. The standard InChI is InChI=1S/C21H28N4O2/c1-5-24(6-2)19-11-9-18(10-12-19)23-20(26)16-13-17(15-22-14-16)21(27)25(7-3)8-4/h9-15H,5-8H2,1-4H3,(H,23,26). The summed E-state index contributed by atoms with van der Waals surface area (Å²) in [6, 6.07) is 9.32. The minimum absolute atomic E-state index is 0.120. The average Bonchev–Trinajstić information content (AvgIpc) is 2.71. The number of pyridine rings is 1. The number of carbonyl (C=O) groups is 2. The summed E-state index contributed by atoms with van der Waals surface area (Å²) >= 11 is 0. The van der Waals surface area contributed by atoms with E-state index in [0.29, 0.717) is 29.9 Å². The zero-order valence-corrected chi connectivity index (χ0v) is 16.5. The third-order valence-electron chi connectivity index (χ3n) is 4.55. The van der Waals surface area contributed by atoms with E-state index in [1.54, 1.807) is 11.0 Å². The van der Waals surface area contributed by atoms with Crippen molar-refractivity contribution in [2.24, 2.45) is 0 Å². The molecule has 1 aromatic heterocycles. The van der Waals surface area contributed by atoms with E-state index in [1.807, 2.05) is 38.1 Å². The van der Waals surface area contributed by atoms with Crippen LogP contribution in [0.1, 0.15) is 48.4 Å². The SMILES string of the molecule is CCN(CC)C(=O)c1cncc(C(=O)Nc2ccc(N(CC)CC)cc2)c1. The van der Waals surface area contributed by atoms with Crippen molar-refractivity contribution in [2.45, 2.75) is 27.7 Å². The van der Waals surface area contributed by atoms with Crippen LogP contribution in [0.5, 0.6) is 0 Å². The van der Waals surface area contributed by atoms with E-state index in [0.717, 1.165) is 18.8 Å². The Hall–Kier alpha value is -2.89. The smallest absolute Gasteiger partial charge is 0.257 e. The number of nitrogens with zero attached hydrogens (tertiary/aromatic N) is 3. The van der Waals surface area contributed by atoms with Gasteiger partial charge < -0.3 is 15.1 Å². The van der Waals surface area contributed by atoms with Crippen LogP contribution in [0.3, 0.4) is 0 Å². The van der Waals surface area contributed by atoms with E-state index < -0.39 is 0 Å². The van der Waals surface area contributed by atoms with Crippen LogP contribution in [0.25, 0.3) is 0 Å². The van der Waals surface area contributed by atoms with E-state index >= 15 is 0 Å². The molecule has 0 radical (unpaired) electrons. The molecule has 2 rings (SSSR count). The maximum Gasteiger partial charge on any atom is 0.257 e. The highest BCUT2D eigenvalue weighted by Crippen LogP contribution is 2.18. The predicted octanol–water partition coefficient (Wildman–Crippen LogP) is 3.66. The first-order chi connectivity index (χ1) is 13.0. The highest BCUT2D eigenvalue weighted by Gasteiger charge is 2.15. The molecule has 1 aromatic carbocycles. The predicted molar refractivity (Wildman–Crippen MR) is 109 cm³/mol. The highest BCUT2D eigenvalue weighted by atomic mass is 16.2. The Balaban J connectivity index is 2.12. The van der Waals surface area contributed by atoms with Gasteiger partial charge in [-0.2, -0.15) is 0 Å². The molecule has 144 valence electrons. The molecule has 0 saturated heterocycles. The van der Waals surface area contributed by atoms with Crippen LogP contribution in [-0.4, -0.2) is 47.9 Å². The Morgan fingerprint density at radius 1 is 0.889 bits per heavy atom. The van der Waals surface area contributed by atoms with Gasteiger partial charge in [-0.25, -0.2) is 0 Å². The molecule has 0 fully saturated rings. The normalized spacial score (nSPS) is 10.4. The Morgan fingerprint density at radius 3 is 2.04 bits per heavy atom. The quantitative estimate of drug-likeness (QED) is 0.772. The van der Waals surface area contributed by atoms with Gasteiger partial charge in [0.15, 0.2) is 0 Å². The average molecular weight is 368 g/mol. The molecule has 0 aliphatic carbocycles. The maximum absolute atomic E-state index is 12.5. The van der Waals surface area contributed by atoms with E-state index in [4.69, 9.17) is 0 Å². The number of amides is 2. The molecular formula is C21H28N4O2. The highest BCUT2D eigenvalue weighted by molar-refractivity contribution is 6.05. The summed E-state index contributed by atoms with van der Waals surface area (Å²) in [5, 5.41) is 2.86. The molecule has 6 heteroatoms. The van der Waals surface area contributed by atoms with E-state index in [2.05, 4.69) is 29.0 Å². The largest absolute Gasteiger partial charge is 0.372 e. The summed E-state index contributed by atoms with van der Waals surface area (Å²) < 4.78 is 0. The van der Waals surface area contributed by atoms with E-state index in [-0.39, 0.29) is 11.8 Å². The van der Waals surface area contributed by atoms with Crippen molar-refractivity contribution in [1.82, 2.24) is 9.88 Å². The molecule has 0 unspecified atom stereocenters. The van der Waals surface area contributed by atoms with E-state index in [9.17, 15) is 9.59 Å². The van der Waals surface area contributed by atoms with Gasteiger partial charge in [-0.05, 0) is 58.0 Å². The molecule has 0 atom stereocenters. The summed E-state index contributed by atoms with van der Waals surface area (Å²) in [5.74, 6) is -0.405. The monoisotopic (exact) mass is 368 g/mol. The van der Waals surface area contributed by atoms with Gasteiger partial charge in [0.2, 0.25) is 0 Å². The Morgan fingerprint density at radius 2 is 1.48 bits per heavy atom. The number of rotatable bonds is 8. The lowest BCUT2D eigenvalue weighted by atomic mass is 10.1. The molecule has 0 saturated carbocycles. The van der Waals surface area contributed by atoms with Crippen molar-refractivity contribution in [3.8, 4) is 0 Å². The number of carbonyl (C=O) groups excluding carboxylic acids is 2. The minimum Gasteiger partial charge on any atom is -0.372 e. The molecule has 27 heavy (non-hydrogen) atoms. The molecule has 0 aliphatic rings. The van der Waals surface area contributed by atoms with Crippen LogP contribution in [0.15, 0.2) is 42.7 Å². The van der Waals surface area contributed by atoms with Crippen molar-refractivity contribution in [3.05, 3.63) is 53.9 Å². The first-order valence-corrected chi connectivity index (χ1v) is 9.44. The topological polar surface area (TPSA) is 65.5 Å². The van der Waals surface area contributed by atoms with Gasteiger partial charge in [-0.1, -0.05) is 0 Å². The third kappa shape index (κ3) is 5.06. The van der Waals surface area contributed by atoms with Crippen molar-refractivity contribution >= 4 is 23.2 Å². The molecule has 0 spiro atoms. The third-order valence-corrected chi connectivity index (χ3v) is 4.55. The van der Waals surface area contributed by atoms with Crippen molar-refractivity contribution in [3.63, 3.8) is 0 Å². The number of hydrogen-bond acceptors (Lipinski definition) is 4.